The number of halogens is 3. The van der Waals surface area contributed by atoms with Gasteiger partial charge >= 0.3 is 6.18 Å². The number of aromatic nitrogens is 2. The van der Waals surface area contributed by atoms with E-state index in [1.54, 1.807) is 0 Å². The Morgan fingerprint density at radius 3 is 2.92 bits per heavy atom. The van der Waals surface area contributed by atoms with Crippen LogP contribution in [0.15, 0.2) is 36.5 Å². The number of piperidine rings is 1. The third kappa shape index (κ3) is 4.63. The molecule has 1 aliphatic heterocycles. The van der Waals surface area contributed by atoms with Gasteiger partial charge in [-0.25, -0.2) is 4.68 Å². The molecule has 2 aromatic rings. The van der Waals surface area contributed by atoms with Gasteiger partial charge in [0, 0.05) is 12.7 Å². The van der Waals surface area contributed by atoms with E-state index in [-0.39, 0.29) is 17.3 Å². The second-order valence-corrected chi connectivity index (χ2v) is 6.45. The number of alkyl halides is 3. The van der Waals surface area contributed by atoms with Crippen LogP contribution in [0.2, 0.25) is 0 Å². The average Bonchev–Trinajstić information content (AvgIpc) is 3.12. The second-order valence-electron chi connectivity index (χ2n) is 6.45. The summed E-state index contributed by atoms with van der Waals surface area (Å²) in [6, 6.07) is 6.33. The molecule has 1 amide bonds. The number of nitrogens with zero attached hydrogens (tertiary/aromatic N) is 2. The molecule has 1 aliphatic rings. The van der Waals surface area contributed by atoms with Gasteiger partial charge < -0.3 is 10.6 Å². The van der Waals surface area contributed by atoms with E-state index in [0.717, 1.165) is 44.5 Å². The van der Waals surface area contributed by atoms with Crippen LogP contribution in [0, 0.1) is 5.92 Å². The van der Waals surface area contributed by atoms with Crippen LogP contribution in [0.3, 0.4) is 0 Å². The van der Waals surface area contributed by atoms with Gasteiger partial charge in [0.1, 0.15) is 0 Å². The van der Waals surface area contributed by atoms with Gasteiger partial charge in [-0.15, -0.1) is 0 Å². The highest BCUT2D eigenvalue weighted by Crippen LogP contribution is 2.30. The number of carbonyl (C=O) groups is 1. The third-order valence-corrected chi connectivity index (χ3v) is 4.50. The Balaban J connectivity index is 1.59. The quantitative estimate of drug-likeness (QED) is 0.855. The van der Waals surface area contributed by atoms with E-state index in [1.807, 2.05) is 0 Å². The number of hydrogen-bond acceptors (Lipinski definition) is 3. The lowest BCUT2D eigenvalue weighted by Gasteiger charge is -2.22. The van der Waals surface area contributed by atoms with Crippen molar-refractivity contribution in [3.8, 4) is 5.69 Å². The molecular weight excluding hydrogens is 345 g/mol. The first kappa shape index (κ1) is 18.4. The van der Waals surface area contributed by atoms with Gasteiger partial charge in [0.2, 0.25) is 0 Å². The van der Waals surface area contributed by atoms with Gasteiger partial charge in [-0.2, -0.15) is 18.3 Å². The zero-order chi connectivity index (χ0) is 18.6. The molecule has 26 heavy (non-hydrogen) atoms. The van der Waals surface area contributed by atoms with E-state index in [1.165, 1.54) is 29.1 Å². The summed E-state index contributed by atoms with van der Waals surface area (Å²) in [5, 5.41) is 10.3. The minimum atomic E-state index is -4.42. The molecule has 8 heteroatoms. The van der Waals surface area contributed by atoms with Gasteiger partial charge in [-0.3, -0.25) is 4.79 Å². The van der Waals surface area contributed by atoms with Crippen LogP contribution in [0.1, 0.15) is 35.3 Å². The molecule has 1 atom stereocenters. The standard InChI is InChI=1S/C18H21F3N4O/c19-18(20,21)14-4-1-5-15(11-14)25-10-7-16(24-25)17(26)23-9-6-13-3-2-8-22-12-13/h1,4-5,7,10-11,13,22H,2-3,6,8-9,12H2,(H,23,26). The molecule has 1 unspecified atom stereocenters. The Morgan fingerprint density at radius 2 is 2.19 bits per heavy atom. The Bertz CT molecular complexity index is 751. The van der Waals surface area contributed by atoms with E-state index >= 15 is 0 Å². The molecule has 1 fully saturated rings. The third-order valence-electron chi connectivity index (χ3n) is 4.50. The smallest absolute Gasteiger partial charge is 0.351 e. The van der Waals surface area contributed by atoms with Crippen LogP contribution in [0.4, 0.5) is 13.2 Å². The predicted octanol–water partition coefficient (Wildman–Crippen LogP) is 3.01. The van der Waals surface area contributed by atoms with Crippen LogP contribution >= 0.6 is 0 Å². The van der Waals surface area contributed by atoms with Crippen molar-refractivity contribution >= 4 is 5.91 Å². The van der Waals surface area contributed by atoms with Crippen molar-refractivity contribution in [2.24, 2.45) is 5.92 Å². The minimum Gasteiger partial charge on any atom is -0.351 e. The summed E-state index contributed by atoms with van der Waals surface area (Å²) in [6.45, 7) is 2.58. The maximum atomic E-state index is 12.8. The van der Waals surface area contributed by atoms with Crippen LogP contribution in [0.25, 0.3) is 5.69 Å². The number of carbonyl (C=O) groups excluding carboxylic acids is 1. The first-order chi connectivity index (χ1) is 12.4. The van der Waals surface area contributed by atoms with Gasteiger partial charge in [0.25, 0.3) is 5.91 Å². The second kappa shape index (κ2) is 7.90. The zero-order valence-electron chi connectivity index (χ0n) is 14.2. The van der Waals surface area contributed by atoms with E-state index in [9.17, 15) is 18.0 Å². The summed E-state index contributed by atoms with van der Waals surface area (Å²) >= 11 is 0. The molecule has 1 aromatic heterocycles. The van der Waals surface area contributed by atoms with E-state index in [2.05, 4.69) is 15.7 Å². The molecule has 0 aliphatic carbocycles. The lowest BCUT2D eigenvalue weighted by atomic mass is 9.96. The number of hydrogen-bond donors (Lipinski definition) is 2. The van der Waals surface area contributed by atoms with Crippen LogP contribution in [-0.4, -0.2) is 35.3 Å². The fraction of sp³-hybridized carbons (Fsp3) is 0.444. The molecular formula is C18H21F3N4O. The maximum absolute atomic E-state index is 12.8. The first-order valence-electron chi connectivity index (χ1n) is 8.66. The lowest BCUT2D eigenvalue weighted by Crippen LogP contribution is -2.33. The Hall–Kier alpha value is -2.35. The monoisotopic (exact) mass is 366 g/mol. The molecule has 140 valence electrons. The number of rotatable bonds is 5. The van der Waals surface area contributed by atoms with Crippen molar-refractivity contribution in [2.45, 2.75) is 25.4 Å². The highest BCUT2D eigenvalue weighted by atomic mass is 19.4. The Morgan fingerprint density at radius 1 is 1.35 bits per heavy atom. The van der Waals surface area contributed by atoms with Crippen LogP contribution in [-0.2, 0) is 6.18 Å². The van der Waals surface area contributed by atoms with E-state index in [4.69, 9.17) is 0 Å². The molecule has 1 aromatic carbocycles. The van der Waals surface area contributed by atoms with Gasteiger partial charge in [-0.05, 0) is 62.5 Å². The van der Waals surface area contributed by atoms with Crippen molar-refractivity contribution in [2.75, 3.05) is 19.6 Å². The normalized spacial score (nSPS) is 17.9. The molecule has 1 saturated heterocycles. The molecule has 5 nitrogen and oxygen atoms in total. The zero-order valence-corrected chi connectivity index (χ0v) is 14.2. The SMILES string of the molecule is O=C(NCCC1CCCNC1)c1ccn(-c2cccc(C(F)(F)F)c2)n1. The highest BCUT2D eigenvalue weighted by Gasteiger charge is 2.30. The van der Waals surface area contributed by atoms with Crippen LogP contribution < -0.4 is 10.6 Å². The molecule has 3 rings (SSSR count). The molecule has 0 radical (unpaired) electrons. The topological polar surface area (TPSA) is 59.0 Å². The molecule has 2 heterocycles. The summed E-state index contributed by atoms with van der Waals surface area (Å²) in [6.07, 6.45) is 0.271. The molecule has 0 spiro atoms. The molecule has 2 N–H and O–H groups in total. The van der Waals surface area contributed by atoms with E-state index < -0.39 is 11.7 Å². The van der Waals surface area contributed by atoms with Crippen molar-refractivity contribution in [1.82, 2.24) is 20.4 Å². The summed E-state index contributed by atoms with van der Waals surface area (Å²) in [7, 11) is 0. The highest BCUT2D eigenvalue weighted by molar-refractivity contribution is 5.92. The van der Waals surface area contributed by atoms with Crippen molar-refractivity contribution < 1.29 is 18.0 Å². The first-order valence-corrected chi connectivity index (χ1v) is 8.66. The number of benzene rings is 1. The van der Waals surface area contributed by atoms with E-state index in [0.29, 0.717) is 12.5 Å². The fourth-order valence-electron chi connectivity index (χ4n) is 3.06. The number of nitrogens with one attached hydrogen (secondary N) is 2. The molecule has 0 saturated carbocycles. The predicted molar refractivity (Wildman–Crippen MR) is 91.1 cm³/mol. The summed E-state index contributed by atoms with van der Waals surface area (Å²) < 4.78 is 39.7. The lowest BCUT2D eigenvalue weighted by molar-refractivity contribution is -0.137. The van der Waals surface area contributed by atoms with Crippen molar-refractivity contribution in [3.05, 3.63) is 47.8 Å². The van der Waals surface area contributed by atoms with Crippen molar-refractivity contribution in [3.63, 3.8) is 0 Å². The maximum Gasteiger partial charge on any atom is 0.416 e. The van der Waals surface area contributed by atoms with Gasteiger partial charge in [0.15, 0.2) is 5.69 Å². The average molecular weight is 366 g/mol. The Labute approximate surface area is 149 Å². The largest absolute Gasteiger partial charge is 0.416 e. The van der Waals surface area contributed by atoms with Crippen molar-refractivity contribution in [1.29, 1.82) is 0 Å². The Kier molecular flexibility index (Phi) is 5.61. The van der Waals surface area contributed by atoms with Gasteiger partial charge in [-0.1, -0.05) is 6.07 Å². The summed E-state index contributed by atoms with van der Waals surface area (Å²) in [5.41, 5.74) is -0.311. The van der Waals surface area contributed by atoms with Gasteiger partial charge in [0.05, 0.1) is 11.3 Å². The molecule has 0 bridgehead atoms. The summed E-state index contributed by atoms with van der Waals surface area (Å²) in [5.74, 6) is 0.242. The van der Waals surface area contributed by atoms with Crippen LogP contribution in [0.5, 0.6) is 0 Å². The number of amides is 1. The minimum absolute atomic E-state index is 0.184. The summed E-state index contributed by atoms with van der Waals surface area (Å²) in [4.78, 5) is 12.2. The fourth-order valence-corrected chi connectivity index (χ4v) is 3.06.